The fraction of sp³-hybridized carbons (Fsp3) is 0.448. The molecule has 0 radical (unpaired) electrons. The number of halogens is 2. The van der Waals surface area contributed by atoms with E-state index in [-0.39, 0.29) is 36.3 Å². The molecule has 2 unspecified atom stereocenters. The number of anilines is 2. The average Bonchev–Trinajstić information content (AvgIpc) is 3.37. The predicted molar refractivity (Wildman–Crippen MR) is 157 cm³/mol. The van der Waals surface area contributed by atoms with E-state index in [2.05, 4.69) is 67.9 Å². The van der Waals surface area contributed by atoms with Gasteiger partial charge >= 0.3 is 6.03 Å². The number of nitrogens with zero attached hydrogens (tertiary/aromatic N) is 2. The monoisotopic (exact) mass is 543 g/mol. The fourth-order valence-corrected chi connectivity index (χ4v) is 5.45. The van der Waals surface area contributed by atoms with Crippen LogP contribution in [0.15, 0.2) is 54.6 Å². The summed E-state index contributed by atoms with van der Waals surface area (Å²) in [5.74, 6) is 1.37. The molecule has 37 heavy (non-hydrogen) atoms. The summed E-state index contributed by atoms with van der Waals surface area (Å²) in [6.07, 6.45) is 6.22. The molecule has 3 aromatic rings. The molecule has 1 aromatic heterocycles. The molecule has 2 atom stereocenters. The highest BCUT2D eigenvalue weighted by molar-refractivity contribution is 5.99. The Morgan fingerprint density at radius 2 is 1.68 bits per heavy atom. The Hall–Kier alpha value is -2.54. The summed E-state index contributed by atoms with van der Waals surface area (Å²) in [4.78, 5) is 13.0. The average molecular weight is 545 g/mol. The SMILES string of the molecule is Cc1ccc(-n2nc(C(C)(C)C)cc2NC(=O)Nc2cccc(CC3CC4CCC(C3)N4)c2)cc1.Cl.Cl. The van der Waals surface area contributed by atoms with E-state index in [4.69, 9.17) is 5.10 Å². The molecule has 6 nitrogen and oxygen atoms in total. The Morgan fingerprint density at radius 1 is 1.00 bits per heavy atom. The molecule has 0 spiro atoms. The number of aryl methyl sites for hydroxylation is 1. The summed E-state index contributed by atoms with van der Waals surface area (Å²) in [5.41, 5.74) is 4.99. The summed E-state index contributed by atoms with van der Waals surface area (Å²) in [5, 5.41) is 14.6. The number of hydrogen-bond donors (Lipinski definition) is 3. The summed E-state index contributed by atoms with van der Waals surface area (Å²) in [6, 6.07) is 19.5. The lowest BCUT2D eigenvalue weighted by atomic mass is 9.87. The van der Waals surface area contributed by atoms with Crippen LogP contribution in [0.2, 0.25) is 0 Å². The zero-order chi connectivity index (χ0) is 24.6. The van der Waals surface area contributed by atoms with Gasteiger partial charge in [0.25, 0.3) is 0 Å². The lowest BCUT2D eigenvalue weighted by molar-refractivity contribution is 0.262. The van der Waals surface area contributed by atoms with Crippen LogP contribution in [0.1, 0.15) is 63.3 Å². The van der Waals surface area contributed by atoms with E-state index in [1.165, 1.54) is 36.8 Å². The normalized spacial score (nSPS) is 20.5. The van der Waals surface area contributed by atoms with Gasteiger partial charge in [-0.2, -0.15) is 5.10 Å². The third-order valence-electron chi connectivity index (χ3n) is 7.28. The Morgan fingerprint density at radius 3 is 2.32 bits per heavy atom. The van der Waals surface area contributed by atoms with E-state index in [1.54, 1.807) is 4.68 Å². The predicted octanol–water partition coefficient (Wildman–Crippen LogP) is 7.04. The second kappa shape index (κ2) is 11.9. The lowest BCUT2D eigenvalue weighted by Crippen LogP contribution is -2.38. The summed E-state index contributed by atoms with van der Waals surface area (Å²) < 4.78 is 1.81. The number of benzene rings is 2. The number of aromatic nitrogens is 2. The number of carbonyl (C=O) groups is 1. The fourth-order valence-electron chi connectivity index (χ4n) is 5.45. The Labute approximate surface area is 232 Å². The lowest BCUT2D eigenvalue weighted by Gasteiger charge is -2.29. The molecule has 2 aromatic carbocycles. The molecule has 2 bridgehead atoms. The van der Waals surface area contributed by atoms with Crippen LogP contribution in [-0.2, 0) is 11.8 Å². The maximum atomic E-state index is 13.0. The first-order valence-electron chi connectivity index (χ1n) is 12.8. The molecule has 3 N–H and O–H groups in total. The highest BCUT2D eigenvalue weighted by Gasteiger charge is 2.33. The van der Waals surface area contributed by atoms with Gasteiger partial charge in [-0.1, -0.05) is 50.6 Å². The van der Waals surface area contributed by atoms with Crippen LogP contribution in [0.4, 0.5) is 16.3 Å². The van der Waals surface area contributed by atoms with Crippen molar-refractivity contribution in [2.24, 2.45) is 5.92 Å². The van der Waals surface area contributed by atoms with Crippen LogP contribution in [-0.4, -0.2) is 27.9 Å². The number of urea groups is 1. The number of carbonyl (C=O) groups excluding carboxylic acids is 1. The van der Waals surface area contributed by atoms with Crippen molar-refractivity contribution in [1.82, 2.24) is 15.1 Å². The van der Waals surface area contributed by atoms with Gasteiger partial charge in [-0.25, -0.2) is 9.48 Å². The molecule has 2 amide bonds. The maximum Gasteiger partial charge on any atom is 0.324 e. The minimum absolute atomic E-state index is 0. The van der Waals surface area contributed by atoms with E-state index in [0.717, 1.165) is 29.4 Å². The highest BCUT2D eigenvalue weighted by Crippen LogP contribution is 2.33. The minimum Gasteiger partial charge on any atom is -0.311 e. The zero-order valence-corrected chi connectivity index (χ0v) is 23.7. The van der Waals surface area contributed by atoms with Crippen molar-refractivity contribution in [3.8, 4) is 5.69 Å². The first-order valence-corrected chi connectivity index (χ1v) is 12.8. The van der Waals surface area contributed by atoms with Crippen LogP contribution in [0.3, 0.4) is 0 Å². The standard InChI is InChI=1S/C29H37N5O.2ClH/c1-19-8-12-25(13-9-19)34-27(18-26(33-34)29(2,3)4)32-28(35)31-22-7-5-6-20(15-22)14-21-16-23-10-11-24(17-21)30-23;;/h5-9,12-13,15,18,21,23-24,30H,10-11,14,16-17H2,1-4H3,(H2,31,32,35);2*1H. The first-order chi connectivity index (χ1) is 16.7. The summed E-state index contributed by atoms with van der Waals surface area (Å²) in [6.45, 7) is 8.43. The number of hydrogen-bond acceptors (Lipinski definition) is 3. The van der Waals surface area contributed by atoms with Crippen LogP contribution in [0.5, 0.6) is 0 Å². The topological polar surface area (TPSA) is 71.0 Å². The Kier molecular flexibility index (Phi) is 9.32. The van der Waals surface area contributed by atoms with Crippen molar-refractivity contribution in [3.63, 3.8) is 0 Å². The third-order valence-corrected chi connectivity index (χ3v) is 7.28. The Bertz CT molecular complexity index is 1190. The number of rotatable bonds is 5. The van der Waals surface area contributed by atoms with Gasteiger partial charge in [0, 0.05) is 29.3 Å². The van der Waals surface area contributed by atoms with Crippen LogP contribution in [0.25, 0.3) is 5.69 Å². The van der Waals surface area contributed by atoms with Crippen LogP contribution < -0.4 is 16.0 Å². The second-order valence-corrected chi connectivity index (χ2v) is 11.4. The van der Waals surface area contributed by atoms with Gasteiger partial charge in [-0.05, 0) is 74.8 Å². The Balaban J connectivity index is 0.00000190. The first kappa shape index (κ1) is 29.0. The second-order valence-electron chi connectivity index (χ2n) is 11.4. The summed E-state index contributed by atoms with van der Waals surface area (Å²) >= 11 is 0. The molecule has 2 aliphatic heterocycles. The highest BCUT2D eigenvalue weighted by atomic mass is 35.5. The van der Waals surface area contributed by atoms with E-state index in [1.807, 2.05) is 30.3 Å². The van der Waals surface area contributed by atoms with Gasteiger partial charge in [0.2, 0.25) is 0 Å². The molecule has 200 valence electrons. The molecule has 0 saturated carbocycles. The molecule has 3 heterocycles. The van der Waals surface area contributed by atoms with Crippen molar-refractivity contribution in [3.05, 3.63) is 71.4 Å². The van der Waals surface area contributed by atoms with Crippen LogP contribution in [0, 0.1) is 12.8 Å². The number of nitrogens with one attached hydrogen (secondary N) is 3. The van der Waals surface area contributed by atoms with Gasteiger partial charge in [0.1, 0.15) is 5.82 Å². The molecule has 0 aliphatic carbocycles. The quantitative estimate of drug-likeness (QED) is 0.323. The minimum atomic E-state index is -0.268. The van der Waals surface area contributed by atoms with E-state index < -0.39 is 0 Å². The van der Waals surface area contributed by atoms with Gasteiger partial charge in [0.15, 0.2) is 0 Å². The molecule has 2 saturated heterocycles. The smallest absolute Gasteiger partial charge is 0.311 e. The number of piperidine rings is 1. The van der Waals surface area contributed by atoms with Crippen LogP contribution >= 0.6 is 24.8 Å². The van der Waals surface area contributed by atoms with Gasteiger partial charge in [-0.3, -0.25) is 5.32 Å². The van der Waals surface area contributed by atoms with Crippen molar-refractivity contribution >= 4 is 42.4 Å². The van der Waals surface area contributed by atoms with Gasteiger partial charge < -0.3 is 10.6 Å². The molecule has 2 fully saturated rings. The summed E-state index contributed by atoms with van der Waals surface area (Å²) in [7, 11) is 0. The van der Waals surface area contributed by atoms with Gasteiger partial charge in [0.05, 0.1) is 11.4 Å². The van der Waals surface area contributed by atoms with Crippen molar-refractivity contribution < 1.29 is 4.79 Å². The number of amides is 2. The molecular weight excluding hydrogens is 505 g/mol. The maximum absolute atomic E-state index is 13.0. The largest absolute Gasteiger partial charge is 0.324 e. The van der Waals surface area contributed by atoms with E-state index in [9.17, 15) is 4.79 Å². The number of fused-ring (bicyclic) bond motifs is 2. The third kappa shape index (κ3) is 7.07. The molecular formula is C29H39Cl2N5O. The molecule has 2 aliphatic rings. The van der Waals surface area contributed by atoms with Crippen molar-refractivity contribution in [2.75, 3.05) is 10.6 Å². The van der Waals surface area contributed by atoms with Crippen molar-refractivity contribution in [2.45, 2.75) is 77.3 Å². The van der Waals surface area contributed by atoms with E-state index in [0.29, 0.717) is 17.9 Å². The van der Waals surface area contributed by atoms with E-state index >= 15 is 0 Å². The van der Waals surface area contributed by atoms with Crippen molar-refractivity contribution in [1.29, 1.82) is 0 Å². The molecule has 8 heteroatoms. The molecule has 5 rings (SSSR count). The zero-order valence-electron chi connectivity index (χ0n) is 22.1. The van der Waals surface area contributed by atoms with Gasteiger partial charge in [-0.15, -0.1) is 24.8 Å².